The van der Waals surface area contributed by atoms with Gasteiger partial charge in [0.1, 0.15) is 0 Å². The summed E-state index contributed by atoms with van der Waals surface area (Å²) >= 11 is 0. The van der Waals surface area contributed by atoms with Crippen LogP contribution < -0.4 is 10.00 Å². The summed E-state index contributed by atoms with van der Waals surface area (Å²) in [5.74, 6) is 0.642. The molecule has 1 aromatic carbocycles. The number of hydrogen-bond acceptors (Lipinski definition) is 3. The maximum atomic E-state index is 4.97. The highest BCUT2D eigenvalue weighted by Gasteiger charge is 2.11. The first-order valence-corrected chi connectivity index (χ1v) is 4.02. The predicted molar refractivity (Wildman–Crippen MR) is 47.6 cm³/mol. The van der Waals surface area contributed by atoms with Gasteiger partial charge in [0.25, 0.3) is 12.1 Å². The second kappa shape index (κ2) is 3.26. The van der Waals surface area contributed by atoms with E-state index < -0.39 is 0 Å². The van der Waals surface area contributed by atoms with Crippen molar-refractivity contribution in [1.82, 2.24) is 5.27 Å². The van der Waals surface area contributed by atoms with Gasteiger partial charge in [0.05, 0.1) is 0 Å². The van der Waals surface area contributed by atoms with Crippen molar-refractivity contribution in [3.05, 3.63) is 36.5 Å². The van der Waals surface area contributed by atoms with E-state index in [0.717, 1.165) is 5.69 Å². The molecule has 1 aromatic heterocycles. The fraction of sp³-hybridized carbons (Fsp3) is 0.111. The molecular formula is C9H10N3O+. The van der Waals surface area contributed by atoms with E-state index in [4.69, 9.17) is 4.52 Å². The van der Waals surface area contributed by atoms with Gasteiger partial charge in [-0.2, -0.15) is 0 Å². The summed E-state index contributed by atoms with van der Waals surface area (Å²) in [4.78, 5) is 0. The molecule has 0 aliphatic heterocycles. The fourth-order valence-electron chi connectivity index (χ4n) is 1.06. The monoisotopic (exact) mass is 176 g/mol. The third kappa shape index (κ3) is 1.51. The van der Waals surface area contributed by atoms with E-state index in [0.29, 0.717) is 5.88 Å². The van der Waals surface area contributed by atoms with Crippen LogP contribution >= 0.6 is 0 Å². The number of nitrogens with one attached hydrogen (secondary N) is 1. The molecule has 1 N–H and O–H groups in total. The van der Waals surface area contributed by atoms with E-state index in [1.54, 1.807) is 17.9 Å². The molecule has 0 unspecified atom stereocenters. The third-order valence-electron chi connectivity index (χ3n) is 1.73. The van der Waals surface area contributed by atoms with Gasteiger partial charge in [0.2, 0.25) is 11.0 Å². The largest absolute Gasteiger partial charge is 0.352 e. The molecule has 0 saturated carbocycles. The number of nitrogens with zero attached hydrogens (tertiary/aromatic N) is 2. The summed E-state index contributed by atoms with van der Waals surface area (Å²) in [7, 11) is 1.79. The van der Waals surface area contributed by atoms with Gasteiger partial charge in [-0.05, 0) is 4.68 Å². The molecule has 4 heteroatoms. The van der Waals surface area contributed by atoms with Crippen LogP contribution in [-0.2, 0) is 0 Å². The van der Waals surface area contributed by atoms with E-state index in [-0.39, 0.29) is 0 Å². The molecule has 0 fully saturated rings. The Balaban J connectivity index is 2.36. The molecule has 66 valence electrons. The summed E-state index contributed by atoms with van der Waals surface area (Å²) in [5, 5.41) is 6.70. The lowest BCUT2D eigenvalue weighted by Gasteiger charge is -1.83. The van der Waals surface area contributed by atoms with Crippen LogP contribution in [0.25, 0.3) is 5.69 Å². The summed E-state index contributed by atoms with van der Waals surface area (Å²) in [6.07, 6.45) is 1.79. The van der Waals surface area contributed by atoms with E-state index in [1.165, 1.54) is 0 Å². The van der Waals surface area contributed by atoms with Crippen molar-refractivity contribution in [2.45, 2.75) is 0 Å². The van der Waals surface area contributed by atoms with Gasteiger partial charge in [-0.15, -0.1) is 0 Å². The number of anilines is 1. The summed E-state index contributed by atoms with van der Waals surface area (Å²) in [6.45, 7) is 0. The number of para-hydroxylation sites is 1. The van der Waals surface area contributed by atoms with E-state index in [9.17, 15) is 0 Å². The first kappa shape index (κ1) is 7.79. The van der Waals surface area contributed by atoms with Crippen LogP contribution in [0.4, 0.5) is 5.88 Å². The van der Waals surface area contributed by atoms with Crippen molar-refractivity contribution in [3.63, 3.8) is 0 Å². The van der Waals surface area contributed by atoms with Crippen molar-refractivity contribution in [1.29, 1.82) is 0 Å². The van der Waals surface area contributed by atoms with Gasteiger partial charge in [-0.1, -0.05) is 18.2 Å². The van der Waals surface area contributed by atoms with Crippen LogP contribution in [0.3, 0.4) is 0 Å². The van der Waals surface area contributed by atoms with Gasteiger partial charge in [-0.25, -0.2) is 0 Å². The van der Waals surface area contributed by atoms with E-state index in [2.05, 4.69) is 10.6 Å². The van der Waals surface area contributed by atoms with Crippen LogP contribution in [-0.4, -0.2) is 12.3 Å². The Bertz CT molecular complexity index is 383. The highest BCUT2D eigenvalue weighted by Crippen LogP contribution is 2.01. The number of benzene rings is 1. The molecule has 0 bridgehead atoms. The molecule has 0 atom stereocenters. The maximum Gasteiger partial charge on any atom is 0.296 e. The molecule has 4 nitrogen and oxygen atoms in total. The van der Waals surface area contributed by atoms with Crippen LogP contribution in [0, 0.1) is 0 Å². The Kier molecular flexibility index (Phi) is 1.96. The van der Waals surface area contributed by atoms with Crippen molar-refractivity contribution in [3.8, 4) is 5.69 Å². The standard InChI is InChI=1S/C9H10N3O/c1-10-9-7-12(11-13-9)8-5-3-2-4-6-8/h2-7,10H,1H3/q+1. The minimum atomic E-state index is 0.642. The van der Waals surface area contributed by atoms with Gasteiger partial charge in [-0.3, -0.25) is 4.52 Å². The lowest BCUT2D eigenvalue weighted by Crippen LogP contribution is -2.31. The average molecular weight is 176 g/mol. The lowest BCUT2D eigenvalue weighted by atomic mass is 10.3. The zero-order valence-electron chi connectivity index (χ0n) is 7.27. The number of rotatable bonds is 2. The molecular weight excluding hydrogens is 166 g/mol. The van der Waals surface area contributed by atoms with Crippen LogP contribution in [0.1, 0.15) is 0 Å². The maximum absolute atomic E-state index is 4.97. The number of aromatic nitrogens is 2. The topological polar surface area (TPSA) is 41.9 Å². The van der Waals surface area contributed by atoms with Crippen molar-refractivity contribution >= 4 is 5.88 Å². The summed E-state index contributed by atoms with van der Waals surface area (Å²) in [6, 6.07) is 9.79. The molecule has 2 aromatic rings. The second-order valence-electron chi connectivity index (χ2n) is 2.60. The normalized spacial score (nSPS) is 9.92. The van der Waals surface area contributed by atoms with Gasteiger partial charge < -0.3 is 5.32 Å². The van der Waals surface area contributed by atoms with Crippen LogP contribution in [0.15, 0.2) is 41.1 Å². The first-order chi connectivity index (χ1) is 6.40. The van der Waals surface area contributed by atoms with E-state index >= 15 is 0 Å². The van der Waals surface area contributed by atoms with Gasteiger partial charge >= 0.3 is 0 Å². The summed E-state index contributed by atoms with van der Waals surface area (Å²) < 4.78 is 6.64. The Morgan fingerprint density at radius 2 is 2.08 bits per heavy atom. The SMILES string of the molecule is CNc1c[n+](-c2ccccc2)no1. The molecule has 0 aliphatic rings. The first-order valence-electron chi connectivity index (χ1n) is 4.02. The smallest absolute Gasteiger partial charge is 0.296 e. The molecule has 13 heavy (non-hydrogen) atoms. The van der Waals surface area contributed by atoms with Gasteiger partial charge in [0.15, 0.2) is 0 Å². The van der Waals surface area contributed by atoms with Gasteiger partial charge in [0, 0.05) is 19.2 Å². The molecule has 0 amide bonds. The predicted octanol–water partition coefficient (Wildman–Crippen LogP) is 0.993. The molecule has 0 radical (unpaired) electrons. The van der Waals surface area contributed by atoms with E-state index in [1.807, 2.05) is 30.3 Å². The summed E-state index contributed by atoms with van der Waals surface area (Å²) in [5.41, 5.74) is 0.979. The van der Waals surface area contributed by atoms with Crippen molar-refractivity contribution in [2.75, 3.05) is 12.4 Å². The third-order valence-corrected chi connectivity index (χ3v) is 1.73. The zero-order valence-corrected chi connectivity index (χ0v) is 7.27. The Morgan fingerprint density at radius 3 is 2.69 bits per heavy atom. The fourth-order valence-corrected chi connectivity index (χ4v) is 1.06. The average Bonchev–Trinajstić information content (AvgIpc) is 2.67. The minimum absolute atomic E-state index is 0.642. The van der Waals surface area contributed by atoms with Crippen molar-refractivity contribution < 1.29 is 9.20 Å². The molecule has 0 aliphatic carbocycles. The molecule has 1 heterocycles. The second-order valence-corrected chi connectivity index (χ2v) is 2.60. The Hall–Kier alpha value is -1.84. The highest BCUT2D eigenvalue weighted by atomic mass is 16.5. The zero-order chi connectivity index (χ0) is 9.10. The van der Waals surface area contributed by atoms with Crippen LogP contribution in [0.2, 0.25) is 0 Å². The molecule has 2 rings (SSSR count). The Labute approximate surface area is 75.8 Å². The van der Waals surface area contributed by atoms with Crippen LogP contribution in [0.5, 0.6) is 0 Å². The highest BCUT2D eigenvalue weighted by molar-refractivity contribution is 5.24. The molecule has 0 saturated heterocycles. The quantitative estimate of drug-likeness (QED) is 0.694. The van der Waals surface area contributed by atoms with Crippen molar-refractivity contribution in [2.24, 2.45) is 0 Å². The lowest BCUT2D eigenvalue weighted by molar-refractivity contribution is -0.670. The molecule has 0 spiro atoms. The Morgan fingerprint density at radius 1 is 1.31 bits per heavy atom. The minimum Gasteiger partial charge on any atom is -0.352 e. The number of hydrogen-bond donors (Lipinski definition) is 1.